The quantitative estimate of drug-likeness (QED) is 0.555. The number of fused-ring (bicyclic) bond motifs is 4. The summed E-state index contributed by atoms with van der Waals surface area (Å²) >= 11 is 0. The first-order valence-corrected chi connectivity index (χ1v) is 10.7. The first-order valence-electron chi connectivity index (χ1n) is 10.7. The van der Waals surface area contributed by atoms with Crippen LogP contribution in [0.25, 0.3) is 0 Å². The maximum atomic E-state index is 14.6. The Balaban J connectivity index is 1.89. The Morgan fingerprint density at radius 1 is 1.09 bits per heavy atom. The van der Waals surface area contributed by atoms with Crippen molar-refractivity contribution in [3.05, 3.63) is 98.5 Å². The third-order valence-corrected chi connectivity index (χ3v) is 6.47. The van der Waals surface area contributed by atoms with Gasteiger partial charge in [-0.25, -0.2) is 8.78 Å². The lowest BCUT2D eigenvalue weighted by Gasteiger charge is -2.50. The van der Waals surface area contributed by atoms with Gasteiger partial charge in [-0.1, -0.05) is 18.2 Å². The van der Waals surface area contributed by atoms with Crippen LogP contribution in [0.15, 0.2) is 53.5 Å². The van der Waals surface area contributed by atoms with Crippen LogP contribution in [0.2, 0.25) is 0 Å². The van der Waals surface area contributed by atoms with E-state index in [-0.39, 0.29) is 34.9 Å². The molecule has 0 bridgehead atoms. The van der Waals surface area contributed by atoms with E-state index in [4.69, 9.17) is 4.74 Å². The van der Waals surface area contributed by atoms with E-state index in [1.54, 1.807) is 42.9 Å². The molecule has 2 aliphatic heterocycles. The van der Waals surface area contributed by atoms with Crippen LogP contribution in [0.4, 0.5) is 8.78 Å². The second-order valence-corrected chi connectivity index (χ2v) is 8.32. The summed E-state index contributed by atoms with van der Waals surface area (Å²) in [5, 5.41) is 11.7. The number of nitrogens with zero attached hydrogens (tertiary/aromatic N) is 4. The van der Waals surface area contributed by atoms with Crippen molar-refractivity contribution in [3.8, 4) is 11.8 Å². The van der Waals surface area contributed by atoms with Gasteiger partial charge in [-0.3, -0.25) is 19.3 Å². The molecule has 7 nitrogen and oxygen atoms in total. The second kappa shape index (κ2) is 7.99. The lowest BCUT2D eigenvalue weighted by atomic mass is 9.91. The Kier molecular flexibility index (Phi) is 5.09. The largest absolute Gasteiger partial charge is 0.493 e. The number of rotatable bonds is 1. The summed E-state index contributed by atoms with van der Waals surface area (Å²) in [7, 11) is 1.63. The molecular weight excluding hydrogens is 442 g/mol. The fraction of sp³-hybridized carbons (Fsp3) is 0.240. The summed E-state index contributed by atoms with van der Waals surface area (Å²) in [5.74, 6) is -2.30. The van der Waals surface area contributed by atoms with E-state index in [1.165, 1.54) is 17.2 Å². The molecule has 0 N–H and O–H groups in total. The highest BCUT2D eigenvalue weighted by atomic mass is 19.2. The predicted molar refractivity (Wildman–Crippen MR) is 119 cm³/mol. The van der Waals surface area contributed by atoms with Gasteiger partial charge in [-0.05, 0) is 24.6 Å². The fourth-order valence-electron chi connectivity index (χ4n) is 4.77. The monoisotopic (exact) mass is 462 g/mol. The zero-order chi connectivity index (χ0) is 24.1. The van der Waals surface area contributed by atoms with Crippen LogP contribution >= 0.6 is 0 Å². The summed E-state index contributed by atoms with van der Waals surface area (Å²) in [4.78, 5) is 27.2. The highest BCUT2D eigenvalue weighted by Gasteiger charge is 2.43. The molecule has 172 valence electrons. The molecular formula is C25H20F2N4O3. The lowest BCUT2D eigenvalue weighted by Crippen LogP contribution is -2.62. The van der Waals surface area contributed by atoms with Crippen LogP contribution in [0.3, 0.4) is 0 Å². The molecule has 2 atom stereocenters. The summed E-state index contributed by atoms with van der Waals surface area (Å²) in [6, 6.07) is 11.6. The Morgan fingerprint density at radius 3 is 2.59 bits per heavy atom. The minimum Gasteiger partial charge on any atom is -0.493 e. The van der Waals surface area contributed by atoms with E-state index >= 15 is 0 Å². The molecule has 0 fully saturated rings. The number of nitriles is 1. The maximum absolute atomic E-state index is 14.6. The van der Waals surface area contributed by atoms with E-state index in [0.29, 0.717) is 23.1 Å². The average molecular weight is 462 g/mol. The second-order valence-electron chi connectivity index (χ2n) is 8.32. The van der Waals surface area contributed by atoms with Gasteiger partial charge in [0.15, 0.2) is 17.1 Å². The minimum absolute atomic E-state index is 0.137. The highest BCUT2D eigenvalue weighted by Crippen LogP contribution is 2.41. The molecule has 0 saturated heterocycles. The van der Waals surface area contributed by atoms with Crippen LogP contribution in [-0.2, 0) is 0 Å². The van der Waals surface area contributed by atoms with Gasteiger partial charge < -0.3 is 9.64 Å². The number of pyridine rings is 1. The molecule has 0 radical (unpaired) electrons. The molecule has 2 aromatic carbocycles. The molecule has 1 aromatic heterocycles. The number of halogens is 2. The van der Waals surface area contributed by atoms with Crippen molar-refractivity contribution < 1.29 is 18.3 Å². The van der Waals surface area contributed by atoms with E-state index in [2.05, 4.69) is 6.07 Å². The molecule has 1 unspecified atom stereocenters. The molecule has 0 saturated carbocycles. The zero-order valence-corrected chi connectivity index (χ0v) is 18.5. The zero-order valence-electron chi connectivity index (χ0n) is 18.5. The number of aromatic nitrogens is 1. The third kappa shape index (κ3) is 3.14. The van der Waals surface area contributed by atoms with Gasteiger partial charge in [-0.15, -0.1) is 0 Å². The molecule has 2 aliphatic rings. The van der Waals surface area contributed by atoms with E-state index in [1.807, 2.05) is 5.01 Å². The average Bonchev–Trinajstić information content (AvgIpc) is 2.82. The van der Waals surface area contributed by atoms with Gasteiger partial charge >= 0.3 is 0 Å². The Bertz CT molecular complexity index is 1430. The van der Waals surface area contributed by atoms with E-state index in [0.717, 1.165) is 12.1 Å². The number of carbonyl (C=O) groups excluding carboxylic acids is 1. The van der Waals surface area contributed by atoms with Crippen molar-refractivity contribution in [2.75, 3.05) is 18.7 Å². The van der Waals surface area contributed by atoms with E-state index < -0.39 is 23.8 Å². The number of carbonyl (C=O) groups is 1. The highest BCUT2D eigenvalue weighted by molar-refractivity contribution is 5.95. The van der Waals surface area contributed by atoms with E-state index in [9.17, 15) is 23.6 Å². The number of ether oxygens (including phenoxy) is 1. The number of hydrogen-bond donors (Lipinski definition) is 0. The third-order valence-electron chi connectivity index (χ3n) is 6.47. The van der Waals surface area contributed by atoms with Crippen molar-refractivity contribution in [1.29, 1.82) is 5.26 Å². The van der Waals surface area contributed by atoms with Crippen LogP contribution in [0.5, 0.6) is 5.75 Å². The Hall–Kier alpha value is -4.19. The summed E-state index contributed by atoms with van der Waals surface area (Å²) < 4.78 is 36.2. The molecule has 0 spiro atoms. The Labute approximate surface area is 194 Å². The van der Waals surface area contributed by atoms with Gasteiger partial charge in [0.05, 0.1) is 18.2 Å². The van der Waals surface area contributed by atoms with Crippen LogP contribution < -0.4 is 15.2 Å². The molecule has 34 heavy (non-hydrogen) atoms. The maximum Gasteiger partial charge on any atom is 0.274 e. The van der Waals surface area contributed by atoms with Crippen molar-refractivity contribution in [1.82, 2.24) is 9.58 Å². The standard InChI is InChI=1S/C25H20F2N4O3/c1-14-20(32)7-9-30-23(14)25(33)29(2)22-8-10-34-21-12-19(27)18(26)11-17(21)24(31(22)30)16-6-4-3-5-15(16)13-28/h3-7,9,11-12,22,24H,8,10H2,1-2H3/t22?,24-/m1/s1. The Morgan fingerprint density at radius 2 is 1.82 bits per heavy atom. The summed E-state index contributed by atoms with van der Waals surface area (Å²) in [5.41, 5.74) is 1.32. The van der Waals surface area contributed by atoms with Crippen LogP contribution in [0.1, 0.15) is 45.2 Å². The number of hydrogen-bond acceptors (Lipinski definition) is 5. The van der Waals surface area contributed by atoms with Crippen molar-refractivity contribution in [3.63, 3.8) is 0 Å². The van der Waals surface area contributed by atoms with Gasteiger partial charge in [0.25, 0.3) is 5.91 Å². The molecule has 0 aliphatic carbocycles. The van der Waals surface area contributed by atoms with Crippen molar-refractivity contribution >= 4 is 5.91 Å². The van der Waals surface area contributed by atoms with Gasteiger partial charge in [0, 0.05) is 42.9 Å². The molecule has 9 heteroatoms. The van der Waals surface area contributed by atoms with Gasteiger partial charge in [-0.2, -0.15) is 5.26 Å². The molecule has 5 rings (SSSR count). The summed E-state index contributed by atoms with van der Waals surface area (Å²) in [6.45, 7) is 1.71. The summed E-state index contributed by atoms with van der Waals surface area (Å²) in [6.07, 6.45) is 1.29. The number of amides is 1. The number of benzene rings is 2. The van der Waals surface area contributed by atoms with Crippen LogP contribution in [-0.4, -0.2) is 35.3 Å². The minimum atomic E-state index is -1.06. The molecule has 3 aromatic rings. The molecule has 3 heterocycles. The van der Waals surface area contributed by atoms with Gasteiger partial charge in [0.1, 0.15) is 23.7 Å². The topological polar surface area (TPSA) is 78.6 Å². The lowest BCUT2D eigenvalue weighted by molar-refractivity contribution is 0.0577. The SMILES string of the molecule is Cc1c2n(ccc1=O)N1C(CCOc3cc(F)c(F)cc3[C@H]1c1ccccc1C#N)N(C)C2=O. The predicted octanol–water partition coefficient (Wildman–Crippen LogP) is 3.23. The van der Waals surface area contributed by atoms with Crippen molar-refractivity contribution in [2.45, 2.75) is 25.6 Å². The first kappa shape index (κ1) is 21.6. The fourth-order valence-corrected chi connectivity index (χ4v) is 4.77. The van der Waals surface area contributed by atoms with Crippen molar-refractivity contribution in [2.24, 2.45) is 0 Å². The molecule has 1 amide bonds. The smallest absolute Gasteiger partial charge is 0.274 e. The van der Waals surface area contributed by atoms with Crippen LogP contribution in [0, 0.1) is 29.9 Å². The van der Waals surface area contributed by atoms with Gasteiger partial charge in [0.2, 0.25) is 0 Å². The normalized spacial score (nSPS) is 19.2. The first-order chi connectivity index (χ1) is 16.3.